The maximum atomic E-state index is 4.04. The summed E-state index contributed by atoms with van der Waals surface area (Å²) in [7, 11) is 0. The second-order valence-corrected chi connectivity index (χ2v) is 4.04. The van der Waals surface area contributed by atoms with Crippen molar-refractivity contribution in [3.63, 3.8) is 0 Å². The maximum absolute atomic E-state index is 4.04. The monoisotopic (exact) mass is 127 g/mol. The first-order chi connectivity index (χ1) is 3.95. The molecule has 0 amide bonds. The predicted molar refractivity (Wildman–Crippen MR) is 43.2 cm³/mol. The van der Waals surface area contributed by atoms with E-state index in [0.717, 1.165) is 0 Å². The van der Waals surface area contributed by atoms with E-state index in [1.54, 1.807) is 0 Å². The van der Waals surface area contributed by atoms with E-state index >= 15 is 0 Å². The molecular formula is C9H19. The third-order valence-electron chi connectivity index (χ3n) is 1.48. The van der Waals surface area contributed by atoms with Crippen molar-refractivity contribution in [1.29, 1.82) is 0 Å². The topological polar surface area (TPSA) is 0 Å². The molecule has 0 N–H and O–H groups in total. The molecule has 55 valence electrons. The molecule has 0 aromatic carbocycles. The molecule has 0 aromatic rings. The lowest BCUT2D eigenvalue weighted by atomic mass is 9.84. The van der Waals surface area contributed by atoms with E-state index in [4.69, 9.17) is 0 Å². The van der Waals surface area contributed by atoms with Gasteiger partial charge in [-0.05, 0) is 17.8 Å². The molecule has 0 heterocycles. The first kappa shape index (κ1) is 9.00. The van der Waals surface area contributed by atoms with Crippen molar-refractivity contribution in [2.24, 2.45) is 11.3 Å². The van der Waals surface area contributed by atoms with Crippen molar-refractivity contribution in [3.8, 4) is 0 Å². The van der Waals surface area contributed by atoms with E-state index in [-0.39, 0.29) is 0 Å². The van der Waals surface area contributed by atoms with Crippen LogP contribution in [0.25, 0.3) is 0 Å². The van der Waals surface area contributed by atoms with Crippen molar-refractivity contribution in [3.05, 3.63) is 6.92 Å². The molecule has 1 radical (unpaired) electrons. The Morgan fingerprint density at radius 3 is 1.89 bits per heavy atom. The van der Waals surface area contributed by atoms with Gasteiger partial charge in [-0.1, -0.05) is 41.0 Å². The van der Waals surface area contributed by atoms with E-state index in [9.17, 15) is 0 Å². The fourth-order valence-corrected chi connectivity index (χ4v) is 1.01. The Morgan fingerprint density at radius 2 is 1.78 bits per heavy atom. The zero-order valence-electron chi connectivity index (χ0n) is 7.20. The first-order valence-corrected chi connectivity index (χ1v) is 3.79. The summed E-state index contributed by atoms with van der Waals surface area (Å²) in [4.78, 5) is 0. The fraction of sp³-hybridized carbons (Fsp3) is 0.889. The zero-order chi connectivity index (χ0) is 7.49. The van der Waals surface area contributed by atoms with Crippen LogP contribution in [0.4, 0.5) is 0 Å². The molecule has 0 fully saturated rings. The van der Waals surface area contributed by atoms with Crippen LogP contribution < -0.4 is 0 Å². The highest BCUT2D eigenvalue weighted by molar-refractivity contribution is 4.69. The summed E-state index contributed by atoms with van der Waals surface area (Å²) in [6.45, 7) is 13.0. The maximum Gasteiger partial charge on any atom is -0.0380 e. The van der Waals surface area contributed by atoms with Gasteiger partial charge in [0.1, 0.15) is 0 Å². The molecule has 0 aliphatic heterocycles. The minimum Gasteiger partial charge on any atom is -0.0651 e. The molecule has 0 bridgehead atoms. The SMILES string of the molecule is [CH2]C(CC)CC(C)(C)C. The Hall–Kier alpha value is 0. The standard InChI is InChI=1S/C9H19/c1-6-8(2)7-9(3,4)5/h8H,2,6-7H2,1,3-5H3. The quantitative estimate of drug-likeness (QED) is 0.534. The Balaban J connectivity index is 3.47. The van der Waals surface area contributed by atoms with Gasteiger partial charge in [-0.25, -0.2) is 0 Å². The van der Waals surface area contributed by atoms with E-state index in [1.165, 1.54) is 12.8 Å². The van der Waals surface area contributed by atoms with Gasteiger partial charge in [-0.2, -0.15) is 0 Å². The van der Waals surface area contributed by atoms with Crippen molar-refractivity contribution in [2.45, 2.75) is 40.5 Å². The van der Waals surface area contributed by atoms with E-state index in [0.29, 0.717) is 11.3 Å². The molecule has 9 heavy (non-hydrogen) atoms. The molecule has 0 nitrogen and oxygen atoms in total. The summed E-state index contributed by atoms with van der Waals surface area (Å²) in [6.07, 6.45) is 2.45. The minimum absolute atomic E-state index is 0.461. The second-order valence-electron chi connectivity index (χ2n) is 4.04. The molecule has 0 saturated heterocycles. The lowest BCUT2D eigenvalue weighted by Crippen LogP contribution is -2.10. The predicted octanol–water partition coefficient (Wildman–Crippen LogP) is 3.28. The second kappa shape index (κ2) is 3.24. The van der Waals surface area contributed by atoms with Crippen molar-refractivity contribution >= 4 is 0 Å². The highest BCUT2D eigenvalue weighted by atomic mass is 14.2. The van der Waals surface area contributed by atoms with Gasteiger partial charge in [-0.3, -0.25) is 0 Å². The Morgan fingerprint density at radius 1 is 1.33 bits per heavy atom. The Bertz CT molecular complexity index is 66.6. The van der Waals surface area contributed by atoms with Crippen LogP contribution in [0.1, 0.15) is 40.5 Å². The van der Waals surface area contributed by atoms with E-state index < -0.39 is 0 Å². The smallest absolute Gasteiger partial charge is 0.0380 e. The summed E-state index contributed by atoms with van der Waals surface area (Å²) < 4.78 is 0. The third kappa shape index (κ3) is 5.88. The molecular weight excluding hydrogens is 108 g/mol. The van der Waals surface area contributed by atoms with E-state index in [1.807, 2.05) is 0 Å². The Labute approximate surface area is 59.7 Å². The third-order valence-corrected chi connectivity index (χ3v) is 1.48. The van der Waals surface area contributed by atoms with Crippen LogP contribution in [0.2, 0.25) is 0 Å². The van der Waals surface area contributed by atoms with Crippen molar-refractivity contribution in [1.82, 2.24) is 0 Å². The van der Waals surface area contributed by atoms with Crippen LogP contribution >= 0.6 is 0 Å². The molecule has 0 aromatic heterocycles. The molecule has 0 rings (SSSR count). The largest absolute Gasteiger partial charge is 0.0651 e. The van der Waals surface area contributed by atoms with E-state index in [2.05, 4.69) is 34.6 Å². The Kier molecular flexibility index (Phi) is 3.24. The number of rotatable bonds is 2. The molecule has 0 aliphatic rings. The van der Waals surface area contributed by atoms with Gasteiger partial charge in [0.15, 0.2) is 0 Å². The highest BCUT2D eigenvalue weighted by Crippen LogP contribution is 2.25. The fourth-order valence-electron chi connectivity index (χ4n) is 1.01. The van der Waals surface area contributed by atoms with Gasteiger partial charge in [0, 0.05) is 0 Å². The van der Waals surface area contributed by atoms with Crippen LogP contribution in [0, 0.1) is 18.3 Å². The lowest BCUT2D eigenvalue weighted by Gasteiger charge is -2.21. The highest BCUT2D eigenvalue weighted by Gasteiger charge is 2.13. The van der Waals surface area contributed by atoms with Crippen LogP contribution in [-0.4, -0.2) is 0 Å². The van der Waals surface area contributed by atoms with Gasteiger partial charge in [-0.15, -0.1) is 0 Å². The molecule has 0 aliphatic carbocycles. The van der Waals surface area contributed by atoms with Crippen LogP contribution in [0.15, 0.2) is 0 Å². The molecule has 0 saturated carbocycles. The summed E-state index contributed by atoms with van der Waals surface area (Å²) in [5, 5.41) is 0. The van der Waals surface area contributed by atoms with Crippen LogP contribution in [0.5, 0.6) is 0 Å². The lowest BCUT2D eigenvalue weighted by molar-refractivity contribution is 0.319. The molecule has 1 atom stereocenters. The average molecular weight is 127 g/mol. The van der Waals surface area contributed by atoms with Crippen LogP contribution in [-0.2, 0) is 0 Å². The number of hydrogen-bond acceptors (Lipinski definition) is 0. The zero-order valence-corrected chi connectivity index (χ0v) is 7.20. The molecule has 0 heteroatoms. The van der Waals surface area contributed by atoms with Crippen LogP contribution in [0.3, 0.4) is 0 Å². The van der Waals surface area contributed by atoms with Crippen molar-refractivity contribution in [2.75, 3.05) is 0 Å². The van der Waals surface area contributed by atoms with Crippen molar-refractivity contribution < 1.29 is 0 Å². The molecule has 1 unspecified atom stereocenters. The summed E-state index contributed by atoms with van der Waals surface area (Å²) in [6, 6.07) is 0. The van der Waals surface area contributed by atoms with Gasteiger partial charge >= 0.3 is 0 Å². The summed E-state index contributed by atoms with van der Waals surface area (Å²) in [5.41, 5.74) is 0.461. The van der Waals surface area contributed by atoms with Gasteiger partial charge in [0.05, 0.1) is 0 Å². The summed E-state index contributed by atoms with van der Waals surface area (Å²) >= 11 is 0. The molecule has 0 spiro atoms. The normalized spacial score (nSPS) is 15.7. The first-order valence-electron chi connectivity index (χ1n) is 3.79. The van der Waals surface area contributed by atoms with Gasteiger partial charge < -0.3 is 0 Å². The van der Waals surface area contributed by atoms with Gasteiger partial charge in [0.2, 0.25) is 0 Å². The minimum atomic E-state index is 0.461. The van der Waals surface area contributed by atoms with Gasteiger partial charge in [0.25, 0.3) is 0 Å². The average Bonchev–Trinajstić information content (AvgIpc) is 1.62. The summed E-state index contributed by atoms with van der Waals surface area (Å²) in [5.74, 6) is 0.644. The number of hydrogen-bond donors (Lipinski definition) is 0.